The molecule has 0 aromatic rings. The monoisotopic (exact) mass is 1340 g/mol. The maximum absolute atomic E-state index is 14.4. The Bertz CT molecular complexity index is 3000. The maximum atomic E-state index is 14.4. The fourth-order valence-electron chi connectivity index (χ4n) is 16.5. The highest BCUT2D eigenvalue weighted by molar-refractivity contribution is 7.81. The molecule has 5 aliphatic heterocycles. The molecule has 5 saturated heterocycles. The number of rotatable bonds is 21. The van der Waals surface area contributed by atoms with Gasteiger partial charge in [0.2, 0.25) is 0 Å². The van der Waals surface area contributed by atoms with Gasteiger partial charge in [-0.1, -0.05) is 53.2 Å². The van der Waals surface area contributed by atoms with Gasteiger partial charge in [-0.05, 0) is 74.5 Å². The predicted octanol–water partition coefficient (Wildman–Crippen LogP) is -1.47. The summed E-state index contributed by atoms with van der Waals surface area (Å²) in [7, 11) is -14.6. The Morgan fingerprint density at radius 3 is 1.81 bits per heavy atom. The molecule has 3 saturated carbocycles. The molecule has 0 bridgehead atoms. The quantitative estimate of drug-likeness (QED) is 0.0356. The van der Waals surface area contributed by atoms with Crippen LogP contribution in [0.5, 0.6) is 0 Å². The molecular weight excluding hydrogens is 1260 g/mol. The third kappa shape index (κ3) is 13.5. The molecule has 1 spiro atoms. The van der Waals surface area contributed by atoms with Crippen molar-refractivity contribution in [2.75, 3.05) is 26.9 Å². The average molecular weight is 1340 g/mol. The van der Waals surface area contributed by atoms with Crippen molar-refractivity contribution in [1.82, 2.24) is 0 Å². The molecule has 35 heteroatoms. The lowest BCUT2D eigenvalue weighted by molar-refractivity contribution is -0.389. The molecule has 89 heavy (non-hydrogen) atoms. The van der Waals surface area contributed by atoms with Gasteiger partial charge in [0.05, 0.1) is 43.4 Å². The van der Waals surface area contributed by atoms with Gasteiger partial charge in [-0.25, -0.2) is 12.5 Å². The molecule has 27 atom stereocenters. The summed E-state index contributed by atoms with van der Waals surface area (Å²) in [5.41, 5.74) is -3.48. The number of hydrogen-bond donors (Lipinski definition) is 10. The largest absolute Gasteiger partial charge is 0.458 e. The summed E-state index contributed by atoms with van der Waals surface area (Å²) in [6.07, 6.45) is -32.8. The molecule has 510 valence electrons. The standard InChI is InChI=1S/C54H84O32S3/c1-22(2)16-24(55)17-53(8)44-27(56)18-52(7)26-10-11-31-50(4,5)32(13-14-51(31,6)25(26)12-15-54(44,52)49(64)85-53)81-48-43(35(59)30(19-75-48)86-89(71,72)73)84-45-37(61)36(60)40(23(3)78-45)82-47-39(63)42(34(58)29(80-47)21-77-88(68,69)70)83-46-38(62)41(74-9)33(57)28(79-46)20-76-87(65,66)67/h10,22-23,25,28-48,57-63H,11-21H2,1-9H3,(H,65,66,67)(H,68,69,70)(H,71,72,73)/t23?,25?,28?,29?,30-,31+,32+,33-,34-,35?,36?,37?,38?,39?,40-,41?,42?,43?,44-,45+,46+,47+,48+,51-,52+,53+,54?/m1/s1. The van der Waals surface area contributed by atoms with E-state index in [1.165, 1.54) is 6.92 Å². The third-order valence-corrected chi connectivity index (χ3v) is 21.8. The fraction of sp³-hybridized carbons (Fsp3) is 0.907. The molecule has 13 unspecified atom stereocenters. The van der Waals surface area contributed by atoms with E-state index in [1.807, 2.05) is 34.6 Å². The van der Waals surface area contributed by atoms with Crippen molar-refractivity contribution in [1.29, 1.82) is 0 Å². The van der Waals surface area contributed by atoms with Crippen LogP contribution in [0.2, 0.25) is 0 Å². The summed E-state index contributed by atoms with van der Waals surface area (Å²) in [6, 6.07) is 0. The zero-order valence-electron chi connectivity index (χ0n) is 50.4. The summed E-state index contributed by atoms with van der Waals surface area (Å²) in [5.74, 6) is -1.57. The van der Waals surface area contributed by atoms with Gasteiger partial charge < -0.3 is 83.1 Å². The molecule has 8 fully saturated rings. The minimum absolute atomic E-state index is 0.0561. The molecule has 5 heterocycles. The highest BCUT2D eigenvalue weighted by atomic mass is 32.3. The Morgan fingerprint density at radius 1 is 0.674 bits per heavy atom. The number of hydrogen-bond acceptors (Lipinski definition) is 29. The van der Waals surface area contributed by atoms with E-state index >= 15 is 0 Å². The lowest BCUT2D eigenvalue weighted by Gasteiger charge is -2.63. The number of carbonyl (C=O) groups is 3. The van der Waals surface area contributed by atoms with Gasteiger partial charge in [0.25, 0.3) is 0 Å². The van der Waals surface area contributed by atoms with Crippen LogP contribution in [-0.4, -0.2) is 248 Å². The van der Waals surface area contributed by atoms with Crippen LogP contribution in [0.4, 0.5) is 0 Å². The SMILES string of the molecule is COC1C(O)[C@H](OC2C(O)[C@H](O[C@@H]3C(C)O[C@@H](OC4C(O)[C@H](OS(=O)(=O)O)CO[C@H]4O[C@H]4CC[C@]5(C)C6CCC78C(=O)O[C@@](C)(CC(=O)CC(C)C)[C@H]7C(=O)C[C@@]8(C)C6=CC[C@H]5C4(C)C)C(O)C3O)OC(COS(=O)(=O)O)[C@H]2O)OC(COS(=O)(=O)O)[C@H]1O. The summed E-state index contributed by atoms with van der Waals surface area (Å²) in [6.45, 7) is 12.0. The Hall–Kier alpha value is -2.48. The average Bonchev–Trinajstić information content (AvgIpc) is 1.53. The molecule has 9 rings (SSSR count). The van der Waals surface area contributed by atoms with Crippen LogP contribution in [0.15, 0.2) is 11.6 Å². The second-order valence-corrected chi connectivity index (χ2v) is 30.1. The van der Waals surface area contributed by atoms with Crippen LogP contribution in [0.25, 0.3) is 0 Å². The van der Waals surface area contributed by atoms with Crippen molar-refractivity contribution < 1.29 is 149 Å². The van der Waals surface area contributed by atoms with E-state index in [9.17, 15) is 84.5 Å². The lowest BCUT2D eigenvalue weighted by Crippen LogP contribution is -2.67. The number of esters is 1. The van der Waals surface area contributed by atoms with E-state index in [2.05, 4.69) is 21.4 Å². The minimum atomic E-state index is -5.26. The molecule has 0 aromatic carbocycles. The fourth-order valence-corrected chi connectivity index (χ4v) is 17.5. The Kier molecular flexibility index (Phi) is 20.4. The number of methoxy groups -OCH3 is 1. The summed E-state index contributed by atoms with van der Waals surface area (Å²) in [4.78, 5) is 42.0. The topological polar surface area (TPSA) is 476 Å². The maximum Gasteiger partial charge on any atom is 0.397 e. The molecule has 32 nitrogen and oxygen atoms in total. The van der Waals surface area contributed by atoms with Gasteiger partial charge in [0, 0.05) is 31.8 Å². The number of allylic oxidation sites excluding steroid dienone is 2. The Balaban J connectivity index is 0.918. The smallest absolute Gasteiger partial charge is 0.397 e. The minimum Gasteiger partial charge on any atom is -0.458 e. The molecule has 10 N–H and O–H groups in total. The predicted molar refractivity (Wildman–Crippen MR) is 292 cm³/mol. The Labute approximate surface area is 514 Å². The molecule has 0 aromatic heterocycles. The number of ether oxygens (including phenoxy) is 10. The van der Waals surface area contributed by atoms with Gasteiger partial charge in [-0.2, -0.15) is 25.3 Å². The van der Waals surface area contributed by atoms with Gasteiger partial charge in [0.1, 0.15) is 103 Å². The van der Waals surface area contributed by atoms with Gasteiger partial charge in [0.15, 0.2) is 25.2 Å². The van der Waals surface area contributed by atoms with E-state index < -0.39 is 213 Å². The zero-order valence-corrected chi connectivity index (χ0v) is 52.8. The number of cyclic esters (lactones) is 1. The summed E-state index contributed by atoms with van der Waals surface area (Å²) >= 11 is 0. The van der Waals surface area contributed by atoms with Gasteiger partial charge in [-0.3, -0.25) is 28.0 Å². The Morgan fingerprint density at radius 2 is 1.24 bits per heavy atom. The first-order valence-corrected chi connectivity index (χ1v) is 33.6. The van der Waals surface area contributed by atoms with Crippen molar-refractivity contribution in [3.8, 4) is 0 Å². The van der Waals surface area contributed by atoms with Crippen molar-refractivity contribution in [3.05, 3.63) is 11.6 Å². The van der Waals surface area contributed by atoms with Crippen LogP contribution >= 0.6 is 0 Å². The van der Waals surface area contributed by atoms with E-state index in [0.717, 1.165) is 12.7 Å². The third-order valence-electron chi connectivity index (χ3n) is 20.4. The van der Waals surface area contributed by atoms with Crippen LogP contribution < -0.4 is 0 Å². The first-order chi connectivity index (χ1) is 41.1. The highest BCUT2D eigenvalue weighted by Crippen LogP contribution is 2.75. The molecule has 9 aliphatic rings. The molecular formula is C54H84O32S3. The number of Topliss-reactive ketones (excluding diaryl/α,β-unsaturated/α-hetero) is 2. The van der Waals surface area contributed by atoms with Gasteiger partial charge >= 0.3 is 37.2 Å². The summed E-state index contributed by atoms with van der Waals surface area (Å²) < 4.78 is 171. The molecule has 0 radical (unpaired) electrons. The number of carbonyl (C=O) groups excluding carboxylic acids is 3. The van der Waals surface area contributed by atoms with Crippen molar-refractivity contribution in [2.45, 2.75) is 235 Å². The second kappa shape index (κ2) is 25.6. The van der Waals surface area contributed by atoms with Crippen molar-refractivity contribution in [2.24, 2.45) is 45.3 Å². The van der Waals surface area contributed by atoms with Crippen LogP contribution in [0.3, 0.4) is 0 Å². The lowest BCUT2D eigenvalue weighted by atomic mass is 9.41. The van der Waals surface area contributed by atoms with E-state index in [4.69, 9.17) is 56.1 Å². The first kappa shape index (κ1) is 70.8. The normalized spacial score (nSPS) is 46.7. The molecule has 4 aliphatic carbocycles. The number of aliphatic hydroxyl groups is 7. The van der Waals surface area contributed by atoms with Crippen molar-refractivity contribution >= 4 is 48.7 Å². The van der Waals surface area contributed by atoms with E-state index in [1.54, 1.807) is 6.92 Å². The van der Waals surface area contributed by atoms with Crippen LogP contribution in [0.1, 0.15) is 107 Å². The van der Waals surface area contributed by atoms with E-state index in [-0.39, 0.29) is 48.6 Å². The second-order valence-electron chi connectivity index (χ2n) is 26.8. The number of aliphatic hydroxyl groups excluding tert-OH is 7. The summed E-state index contributed by atoms with van der Waals surface area (Å²) in [5, 5.41) is 80.2. The number of fused-ring (bicyclic) bond motifs is 4. The van der Waals surface area contributed by atoms with E-state index in [0.29, 0.717) is 32.1 Å². The zero-order chi connectivity index (χ0) is 65.8. The van der Waals surface area contributed by atoms with Crippen LogP contribution in [-0.2, 0) is 105 Å². The van der Waals surface area contributed by atoms with Crippen LogP contribution in [0, 0.1) is 45.3 Å². The number of ketones is 2. The van der Waals surface area contributed by atoms with Crippen molar-refractivity contribution in [3.63, 3.8) is 0 Å². The highest BCUT2D eigenvalue weighted by Gasteiger charge is 2.79. The molecule has 0 amide bonds. The first-order valence-electron chi connectivity index (χ1n) is 29.5. The van der Waals surface area contributed by atoms with Gasteiger partial charge in [-0.15, -0.1) is 0 Å².